The number of hydrogen-bond donors (Lipinski definition) is 2. The molecule has 35 heavy (non-hydrogen) atoms. The van der Waals surface area contributed by atoms with E-state index in [9.17, 15) is 19.5 Å². The highest BCUT2D eigenvalue weighted by Crippen LogP contribution is 2.49. The minimum Gasteiger partial charge on any atom is -0.480 e. The molecule has 2 aromatic rings. The summed E-state index contributed by atoms with van der Waals surface area (Å²) in [4.78, 5) is 42.2. The van der Waals surface area contributed by atoms with Crippen LogP contribution in [0.2, 0.25) is 0 Å². The van der Waals surface area contributed by atoms with Gasteiger partial charge in [-0.15, -0.1) is 0 Å². The van der Waals surface area contributed by atoms with E-state index in [1.54, 1.807) is 0 Å². The molecule has 5 atom stereocenters. The number of para-hydroxylation sites is 1. The predicted molar refractivity (Wildman–Crippen MR) is 137 cm³/mol. The number of benzene rings is 2. The lowest BCUT2D eigenvalue weighted by molar-refractivity contribution is -0.151. The zero-order valence-electron chi connectivity index (χ0n) is 20.8. The predicted octanol–water partition coefficient (Wildman–Crippen LogP) is 4.47. The molecule has 2 aliphatic heterocycles. The summed E-state index contributed by atoms with van der Waals surface area (Å²) in [5.41, 5.74) is 1.89. The SMILES string of the molecule is CCc1cccc(CC)c1N1C(=O)C2C(C=Cc3ccccc3)NC(C(=O)O)(C(C)CC)C2C1=O. The second-order valence-electron chi connectivity index (χ2n) is 9.57. The van der Waals surface area contributed by atoms with E-state index in [1.165, 1.54) is 4.90 Å². The molecule has 0 aromatic heterocycles. The van der Waals surface area contributed by atoms with Gasteiger partial charge in [0.1, 0.15) is 5.54 Å². The molecule has 2 aromatic carbocycles. The summed E-state index contributed by atoms with van der Waals surface area (Å²) in [6.45, 7) is 7.76. The van der Waals surface area contributed by atoms with E-state index in [4.69, 9.17) is 0 Å². The van der Waals surface area contributed by atoms with Crippen LogP contribution in [0.5, 0.6) is 0 Å². The molecule has 184 valence electrons. The van der Waals surface area contributed by atoms with Crippen LogP contribution in [0.1, 0.15) is 50.8 Å². The van der Waals surface area contributed by atoms with Gasteiger partial charge < -0.3 is 5.11 Å². The van der Waals surface area contributed by atoms with E-state index in [2.05, 4.69) is 5.32 Å². The number of hydrogen-bond acceptors (Lipinski definition) is 4. The van der Waals surface area contributed by atoms with Crippen molar-refractivity contribution in [3.63, 3.8) is 0 Å². The Hall–Kier alpha value is -3.25. The van der Waals surface area contributed by atoms with Gasteiger partial charge in [-0.25, -0.2) is 4.90 Å². The van der Waals surface area contributed by atoms with Crippen LogP contribution in [-0.4, -0.2) is 34.5 Å². The van der Waals surface area contributed by atoms with Crippen molar-refractivity contribution < 1.29 is 19.5 Å². The number of nitrogens with one attached hydrogen (secondary N) is 1. The monoisotopic (exact) mass is 474 g/mol. The molecule has 6 heteroatoms. The van der Waals surface area contributed by atoms with Crippen molar-refractivity contribution in [2.24, 2.45) is 17.8 Å². The van der Waals surface area contributed by atoms with Crippen molar-refractivity contribution in [3.8, 4) is 0 Å². The Kier molecular flexibility index (Phi) is 6.95. The lowest BCUT2D eigenvalue weighted by atomic mass is 9.72. The maximum absolute atomic E-state index is 14.1. The summed E-state index contributed by atoms with van der Waals surface area (Å²) in [6.07, 6.45) is 5.63. The van der Waals surface area contributed by atoms with Crippen LogP contribution in [0.3, 0.4) is 0 Å². The fraction of sp³-hybridized carbons (Fsp3) is 0.414. The van der Waals surface area contributed by atoms with Gasteiger partial charge in [0.15, 0.2) is 0 Å². The number of carboxylic acids is 1. The molecular weight excluding hydrogens is 440 g/mol. The molecule has 2 heterocycles. The molecule has 0 aliphatic carbocycles. The van der Waals surface area contributed by atoms with E-state index in [1.807, 2.05) is 88.4 Å². The summed E-state index contributed by atoms with van der Waals surface area (Å²) in [6, 6.07) is 14.9. The molecule has 0 spiro atoms. The van der Waals surface area contributed by atoms with Gasteiger partial charge in [0.2, 0.25) is 11.8 Å². The number of rotatable bonds is 8. The number of carboxylic acid groups (broad SMARTS) is 1. The number of nitrogens with zero attached hydrogens (tertiary/aromatic N) is 1. The highest BCUT2D eigenvalue weighted by molar-refractivity contribution is 6.25. The molecule has 5 unspecified atom stereocenters. The van der Waals surface area contributed by atoms with Gasteiger partial charge in [-0.3, -0.25) is 19.7 Å². The Morgan fingerprint density at radius 1 is 1.03 bits per heavy atom. The van der Waals surface area contributed by atoms with Gasteiger partial charge in [0.05, 0.1) is 17.5 Å². The van der Waals surface area contributed by atoms with Crippen LogP contribution >= 0.6 is 0 Å². The maximum atomic E-state index is 14.1. The lowest BCUT2D eigenvalue weighted by Crippen LogP contribution is -2.60. The molecule has 2 fully saturated rings. The summed E-state index contributed by atoms with van der Waals surface area (Å²) in [5, 5.41) is 13.8. The Labute approximate surface area is 207 Å². The minimum atomic E-state index is -1.53. The van der Waals surface area contributed by atoms with E-state index >= 15 is 0 Å². The summed E-state index contributed by atoms with van der Waals surface area (Å²) in [7, 11) is 0. The van der Waals surface area contributed by atoms with Gasteiger partial charge in [-0.1, -0.05) is 94.8 Å². The van der Waals surface area contributed by atoms with Crippen molar-refractivity contribution in [3.05, 3.63) is 71.3 Å². The highest BCUT2D eigenvalue weighted by atomic mass is 16.4. The normalized spacial score (nSPS) is 27.0. The maximum Gasteiger partial charge on any atom is 0.325 e. The largest absolute Gasteiger partial charge is 0.480 e. The van der Waals surface area contributed by atoms with Crippen LogP contribution in [0, 0.1) is 17.8 Å². The summed E-state index contributed by atoms with van der Waals surface area (Å²) >= 11 is 0. The molecule has 2 aliphatic rings. The quantitative estimate of drug-likeness (QED) is 0.551. The van der Waals surface area contributed by atoms with Crippen molar-refractivity contribution in [1.82, 2.24) is 5.32 Å². The Bertz CT molecular complexity index is 1140. The highest BCUT2D eigenvalue weighted by Gasteiger charge is 2.69. The van der Waals surface area contributed by atoms with Crippen molar-refractivity contribution in [1.29, 1.82) is 0 Å². The molecule has 0 saturated carbocycles. The number of amides is 2. The van der Waals surface area contributed by atoms with Gasteiger partial charge in [-0.05, 0) is 35.4 Å². The Morgan fingerprint density at radius 3 is 2.20 bits per heavy atom. The lowest BCUT2D eigenvalue weighted by Gasteiger charge is -2.36. The number of aliphatic carboxylic acids is 1. The third-order valence-corrected chi connectivity index (χ3v) is 7.86. The zero-order valence-corrected chi connectivity index (χ0v) is 20.8. The Morgan fingerprint density at radius 2 is 1.66 bits per heavy atom. The van der Waals surface area contributed by atoms with Crippen LogP contribution < -0.4 is 10.2 Å². The molecule has 0 bridgehead atoms. The number of carbonyl (C=O) groups excluding carboxylic acids is 2. The first-order chi connectivity index (χ1) is 16.8. The first-order valence-electron chi connectivity index (χ1n) is 12.5. The van der Waals surface area contributed by atoms with E-state index < -0.39 is 35.3 Å². The third kappa shape index (κ3) is 3.90. The van der Waals surface area contributed by atoms with Crippen LogP contribution in [0.25, 0.3) is 6.08 Å². The smallest absolute Gasteiger partial charge is 0.325 e. The van der Waals surface area contributed by atoms with E-state index in [0.29, 0.717) is 24.9 Å². The molecule has 4 rings (SSSR count). The van der Waals surface area contributed by atoms with Crippen molar-refractivity contribution in [2.75, 3.05) is 4.90 Å². The second-order valence-corrected chi connectivity index (χ2v) is 9.57. The zero-order chi connectivity index (χ0) is 25.3. The van der Waals surface area contributed by atoms with Gasteiger partial charge in [0.25, 0.3) is 0 Å². The second kappa shape index (κ2) is 9.78. The molecule has 6 nitrogen and oxygen atoms in total. The number of imide groups is 1. The molecule has 2 amide bonds. The first-order valence-corrected chi connectivity index (χ1v) is 12.5. The molecule has 2 saturated heterocycles. The average molecular weight is 475 g/mol. The molecule has 0 radical (unpaired) electrons. The number of carbonyl (C=O) groups is 3. The van der Waals surface area contributed by atoms with Crippen molar-refractivity contribution in [2.45, 2.75) is 58.5 Å². The van der Waals surface area contributed by atoms with Crippen LogP contribution in [0.15, 0.2) is 54.6 Å². The summed E-state index contributed by atoms with van der Waals surface area (Å²) in [5.74, 6) is -3.95. The fourth-order valence-corrected chi connectivity index (χ4v) is 5.83. The topological polar surface area (TPSA) is 86.7 Å². The third-order valence-electron chi connectivity index (χ3n) is 7.86. The van der Waals surface area contributed by atoms with Gasteiger partial charge in [0, 0.05) is 6.04 Å². The van der Waals surface area contributed by atoms with Crippen LogP contribution in [-0.2, 0) is 27.2 Å². The van der Waals surface area contributed by atoms with Gasteiger partial charge >= 0.3 is 5.97 Å². The summed E-state index contributed by atoms with van der Waals surface area (Å²) < 4.78 is 0. The first kappa shape index (κ1) is 24.9. The fourth-order valence-electron chi connectivity index (χ4n) is 5.83. The number of aryl methyl sites for hydroxylation is 2. The van der Waals surface area contributed by atoms with Crippen LogP contribution in [0.4, 0.5) is 5.69 Å². The standard InChI is InChI=1S/C29H34N2O4/c1-5-18(4)29(28(34)35)24-23(22(30-29)17-16-19-12-9-8-10-13-19)26(32)31(27(24)33)25-20(6-2)14-11-15-21(25)7-3/h8-18,22-24,30H,5-7H2,1-4H3,(H,34,35). The van der Waals surface area contributed by atoms with Gasteiger partial charge in [-0.2, -0.15) is 0 Å². The van der Waals surface area contributed by atoms with E-state index in [0.717, 1.165) is 16.7 Å². The minimum absolute atomic E-state index is 0.322. The van der Waals surface area contributed by atoms with E-state index in [-0.39, 0.29) is 11.8 Å². The average Bonchev–Trinajstić information content (AvgIpc) is 3.36. The van der Waals surface area contributed by atoms with Crippen molar-refractivity contribution >= 4 is 29.5 Å². The molecular formula is C29H34N2O4. The number of fused-ring (bicyclic) bond motifs is 1. The Balaban J connectivity index is 1.87. The molecule has 2 N–H and O–H groups in total. The number of anilines is 1.